The lowest BCUT2D eigenvalue weighted by atomic mass is 10.1. The van der Waals surface area contributed by atoms with Gasteiger partial charge in [-0.15, -0.1) is 6.58 Å². The van der Waals surface area contributed by atoms with Crippen LogP contribution in [0.4, 0.5) is 0 Å². The summed E-state index contributed by atoms with van der Waals surface area (Å²) in [7, 11) is 0. The maximum Gasteiger partial charge on any atom is 0.0941 e. The first-order valence-corrected chi connectivity index (χ1v) is 4.83. The first-order valence-electron chi connectivity index (χ1n) is 4.83. The third kappa shape index (κ3) is 1.84. The second kappa shape index (κ2) is 4.09. The molecule has 0 fully saturated rings. The minimum absolute atomic E-state index is 0.302. The Morgan fingerprint density at radius 2 is 2.21 bits per heavy atom. The second-order valence-corrected chi connectivity index (χ2v) is 3.43. The smallest absolute Gasteiger partial charge is 0.0941 e. The molecule has 2 heteroatoms. The molecule has 2 nitrogen and oxygen atoms in total. The van der Waals surface area contributed by atoms with Gasteiger partial charge in [-0.25, -0.2) is 0 Å². The van der Waals surface area contributed by atoms with Crippen LogP contribution in [-0.2, 0) is 0 Å². The maximum atomic E-state index is 4.46. The number of nitrogens with zero attached hydrogens (tertiary/aromatic N) is 2. The molecule has 1 unspecified atom stereocenters. The van der Waals surface area contributed by atoms with Gasteiger partial charge in [-0.3, -0.25) is 4.99 Å². The monoisotopic (exact) mass is 186 g/mol. The van der Waals surface area contributed by atoms with E-state index in [-0.39, 0.29) is 0 Å². The van der Waals surface area contributed by atoms with Crippen molar-refractivity contribution in [1.29, 1.82) is 0 Å². The molecule has 1 heterocycles. The predicted octanol–water partition coefficient (Wildman–Crippen LogP) is 2.26. The zero-order chi connectivity index (χ0) is 9.80. The van der Waals surface area contributed by atoms with Crippen LogP contribution in [0.15, 0.2) is 48.0 Å². The summed E-state index contributed by atoms with van der Waals surface area (Å²) in [5, 5.41) is 0. The highest BCUT2D eigenvalue weighted by Crippen LogP contribution is 2.21. The molecule has 1 aliphatic rings. The lowest BCUT2D eigenvalue weighted by molar-refractivity contribution is 0.476. The van der Waals surface area contributed by atoms with E-state index in [2.05, 4.69) is 40.7 Å². The van der Waals surface area contributed by atoms with E-state index in [1.807, 2.05) is 18.5 Å². The number of rotatable bonds is 3. The highest BCUT2D eigenvalue weighted by Gasteiger charge is 2.17. The summed E-state index contributed by atoms with van der Waals surface area (Å²) in [5.74, 6) is 0. The van der Waals surface area contributed by atoms with Crippen LogP contribution < -0.4 is 0 Å². The van der Waals surface area contributed by atoms with Crippen LogP contribution in [0, 0.1) is 0 Å². The van der Waals surface area contributed by atoms with E-state index in [1.165, 1.54) is 5.56 Å². The van der Waals surface area contributed by atoms with Gasteiger partial charge in [0.25, 0.3) is 0 Å². The van der Waals surface area contributed by atoms with Crippen molar-refractivity contribution in [2.75, 3.05) is 13.1 Å². The van der Waals surface area contributed by atoms with Gasteiger partial charge < -0.3 is 4.90 Å². The van der Waals surface area contributed by atoms with Crippen molar-refractivity contribution in [2.45, 2.75) is 6.04 Å². The fraction of sp³-hybridized carbons (Fsp3) is 0.250. The van der Waals surface area contributed by atoms with Gasteiger partial charge in [0.05, 0.1) is 12.4 Å². The Labute approximate surface area is 84.6 Å². The average Bonchev–Trinajstić information content (AvgIpc) is 2.68. The summed E-state index contributed by atoms with van der Waals surface area (Å²) in [5.41, 5.74) is 1.29. The number of hydrogen-bond donors (Lipinski definition) is 0. The summed E-state index contributed by atoms with van der Waals surface area (Å²) < 4.78 is 0. The summed E-state index contributed by atoms with van der Waals surface area (Å²) in [6.07, 6.45) is 3.82. The van der Waals surface area contributed by atoms with Crippen molar-refractivity contribution in [3.8, 4) is 0 Å². The van der Waals surface area contributed by atoms with Gasteiger partial charge >= 0.3 is 0 Å². The number of aliphatic imine (C=N–C) groups is 1. The Kier molecular flexibility index (Phi) is 2.63. The van der Waals surface area contributed by atoms with Gasteiger partial charge in [0.15, 0.2) is 0 Å². The topological polar surface area (TPSA) is 15.6 Å². The largest absolute Gasteiger partial charge is 0.357 e. The molecular weight excluding hydrogens is 172 g/mol. The van der Waals surface area contributed by atoms with E-state index >= 15 is 0 Å². The lowest BCUT2D eigenvalue weighted by Gasteiger charge is -2.13. The predicted molar refractivity (Wildman–Crippen MR) is 59.4 cm³/mol. The minimum Gasteiger partial charge on any atom is -0.357 e. The van der Waals surface area contributed by atoms with E-state index in [0.29, 0.717) is 6.04 Å². The second-order valence-electron chi connectivity index (χ2n) is 3.43. The molecule has 0 bridgehead atoms. The Bertz CT molecular complexity index is 329. The van der Waals surface area contributed by atoms with Crippen LogP contribution in [0.1, 0.15) is 11.6 Å². The van der Waals surface area contributed by atoms with Crippen LogP contribution in [0.2, 0.25) is 0 Å². The van der Waals surface area contributed by atoms with Gasteiger partial charge in [0.1, 0.15) is 0 Å². The first kappa shape index (κ1) is 9.00. The van der Waals surface area contributed by atoms with Crippen LogP contribution in [-0.4, -0.2) is 24.3 Å². The molecule has 1 aromatic carbocycles. The van der Waals surface area contributed by atoms with Crippen molar-refractivity contribution in [2.24, 2.45) is 4.99 Å². The van der Waals surface area contributed by atoms with Gasteiger partial charge in [0.2, 0.25) is 0 Å². The Morgan fingerprint density at radius 3 is 2.93 bits per heavy atom. The zero-order valence-corrected chi connectivity index (χ0v) is 8.13. The molecular formula is C12H14N2. The van der Waals surface area contributed by atoms with Gasteiger partial charge in [-0.05, 0) is 5.56 Å². The highest BCUT2D eigenvalue weighted by molar-refractivity contribution is 5.58. The minimum atomic E-state index is 0.302. The molecule has 0 aliphatic carbocycles. The molecule has 0 saturated heterocycles. The molecule has 0 spiro atoms. The van der Waals surface area contributed by atoms with Crippen LogP contribution in [0.25, 0.3) is 0 Å². The molecule has 0 N–H and O–H groups in total. The van der Waals surface area contributed by atoms with Crippen molar-refractivity contribution in [3.05, 3.63) is 48.6 Å². The Balaban J connectivity index is 2.04. The molecule has 0 saturated carbocycles. The molecule has 1 aromatic rings. The van der Waals surface area contributed by atoms with E-state index in [1.54, 1.807) is 0 Å². The van der Waals surface area contributed by atoms with Gasteiger partial charge in [-0.1, -0.05) is 36.4 Å². The zero-order valence-electron chi connectivity index (χ0n) is 8.13. The Morgan fingerprint density at radius 1 is 1.43 bits per heavy atom. The molecule has 1 atom stereocenters. The summed E-state index contributed by atoms with van der Waals surface area (Å²) in [4.78, 5) is 6.63. The summed E-state index contributed by atoms with van der Waals surface area (Å²) in [6, 6.07) is 10.7. The molecule has 2 rings (SSSR count). The molecule has 72 valence electrons. The maximum absolute atomic E-state index is 4.46. The first-order chi connectivity index (χ1) is 6.90. The fourth-order valence-corrected chi connectivity index (χ4v) is 1.65. The van der Waals surface area contributed by atoms with Crippen LogP contribution in [0.3, 0.4) is 0 Å². The van der Waals surface area contributed by atoms with Crippen molar-refractivity contribution >= 4 is 6.34 Å². The van der Waals surface area contributed by atoms with Crippen LogP contribution in [0.5, 0.6) is 0 Å². The van der Waals surface area contributed by atoms with Gasteiger partial charge in [-0.2, -0.15) is 0 Å². The third-order valence-electron chi connectivity index (χ3n) is 2.37. The normalized spacial score (nSPS) is 20.0. The summed E-state index contributed by atoms with van der Waals surface area (Å²) >= 11 is 0. The number of benzene rings is 1. The standard InChI is InChI=1S/C12H14N2/c1-2-8-14-9-12(13-10-14)11-6-4-3-5-7-11/h2-7,10,12H,1,8-9H2. The van der Waals surface area contributed by atoms with Crippen molar-refractivity contribution < 1.29 is 0 Å². The number of hydrogen-bond acceptors (Lipinski definition) is 2. The summed E-state index contributed by atoms with van der Waals surface area (Å²) in [6.45, 7) is 5.57. The fourth-order valence-electron chi connectivity index (χ4n) is 1.65. The highest BCUT2D eigenvalue weighted by atomic mass is 15.2. The molecule has 0 radical (unpaired) electrons. The third-order valence-corrected chi connectivity index (χ3v) is 2.37. The SMILES string of the molecule is C=CCN1C=NC(c2ccccc2)C1. The molecule has 0 amide bonds. The van der Waals surface area contributed by atoms with Crippen molar-refractivity contribution in [1.82, 2.24) is 4.90 Å². The molecule has 14 heavy (non-hydrogen) atoms. The Hall–Kier alpha value is -1.57. The average molecular weight is 186 g/mol. The van der Waals surface area contributed by atoms with Crippen LogP contribution >= 0.6 is 0 Å². The molecule has 1 aliphatic heterocycles. The van der Waals surface area contributed by atoms with E-state index in [9.17, 15) is 0 Å². The van der Waals surface area contributed by atoms with E-state index in [4.69, 9.17) is 0 Å². The molecule has 0 aromatic heterocycles. The van der Waals surface area contributed by atoms with E-state index in [0.717, 1.165) is 13.1 Å². The quantitative estimate of drug-likeness (QED) is 0.661. The van der Waals surface area contributed by atoms with Gasteiger partial charge in [0, 0.05) is 13.1 Å². The van der Waals surface area contributed by atoms with E-state index < -0.39 is 0 Å². The lowest BCUT2D eigenvalue weighted by Crippen LogP contribution is -2.20. The van der Waals surface area contributed by atoms with Crippen molar-refractivity contribution in [3.63, 3.8) is 0 Å².